The van der Waals surface area contributed by atoms with Gasteiger partial charge in [0.2, 0.25) is 5.95 Å². The zero-order valence-electron chi connectivity index (χ0n) is 17.2. The highest BCUT2D eigenvalue weighted by atomic mass is 15.3. The van der Waals surface area contributed by atoms with Crippen LogP contribution in [-0.4, -0.2) is 36.1 Å². The first-order valence-corrected chi connectivity index (χ1v) is 10.6. The highest BCUT2D eigenvalue weighted by molar-refractivity contribution is 5.81. The number of aryl methyl sites for hydroxylation is 1. The molecule has 30 heavy (non-hydrogen) atoms. The lowest BCUT2D eigenvalue weighted by molar-refractivity contribution is 0.369. The maximum Gasteiger partial charge on any atom is 0.225 e. The molecule has 0 aliphatic carbocycles. The predicted molar refractivity (Wildman–Crippen MR) is 119 cm³/mol. The molecule has 2 aliphatic rings. The molecular formula is C25H25N5. The van der Waals surface area contributed by atoms with Crippen LogP contribution in [0.3, 0.4) is 0 Å². The minimum Gasteiger partial charge on any atom is -0.340 e. The van der Waals surface area contributed by atoms with Gasteiger partial charge in [0.25, 0.3) is 0 Å². The summed E-state index contributed by atoms with van der Waals surface area (Å²) in [5.74, 6) is 0.800. The third-order valence-electron chi connectivity index (χ3n) is 6.48. The average molecular weight is 396 g/mol. The molecule has 1 aromatic heterocycles. The molecule has 1 unspecified atom stereocenters. The zero-order valence-corrected chi connectivity index (χ0v) is 17.2. The van der Waals surface area contributed by atoms with Crippen molar-refractivity contribution in [1.29, 1.82) is 5.26 Å². The van der Waals surface area contributed by atoms with Crippen LogP contribution in [0.5, 0.6) is 0 Å². The maximum absolute atomic E-state index is 9.16. The Morgan fingerprint density at radius 2 is 1.80 bits per heavy atom. The zero-order chi connectivity index (χ0) is 20.6. The first kappa shape index (κ1) is 18.8. The van der Waals surface area contributed by atoms with Crippen molar-refractivity contribution in [2.45, 2.75) is 19.8 Å². The molecule has 0 bridgehead atoms. The fraction of sp³-hybridized carbons (Fsp3) is 0.320. The van der Waals surface area contributed by atoms with Crippen LogP contribution in [0.4, 0.5) is 5.95 Å². The van der Waals surface area contributed by atoms with Crippen molar-refractivity contribution in [3.05, 3.63) is 65.9 Å². The molecule has 2 fully saturated rings. The molecule has 0 radical (unpaired) electrons. The predicted octanol–water partition coefficient (Wildman–Crippen LogP) is 4.18. The first-order valence-electron chi connectivity index (χ1n) is 10.6. The van der Waals surface area contributed by atoms with Crippen molar-refractivity contribution in [2.75, 3.05) is 31.1 Å². The van der Waals surface area contributed by atoms with E-state index in [4.69, 9.17) is 15.2 Å². The summed E-state index contributed by atoms with van der Waals surface area (Å²) in [6.07, 6.45) is 4.38. The molecule has 150 valence electrons. The van der Waals surface area contributed by atoms with E-state index < -0.39 is 0 Å². The number of hydrogen-bond donors (Lipinski definition) is 1. The largest absolute Gasteiger partial charge is 0.340 e. The van der Waals surface area contributed by atoms with Crippen molar-refractivity contribution >= 4 is 5.95 Å². The Labute approximate surface area is 177 Å². The Kier molecular flexibility index (Phi) is 4.72. The highest BCUT2D eigenvalue weighted by Crippen LogP contribution is 2.38. The molecule has 3 aromatic rings. The molecule has 2 aromatic carbocycles. The molecule has 3 heterocycles. The summed E-state index contributed by atoms with van der Waals surface area (Å²) in [6.45, 7) is 6.30. The Morgan fingerprint density at radius 3 is 2.50 bits per heavy atom. The number of nitriles is 1. The Hall–Kier alpha value is -3.23. The van der Waals surface area contributed by atoms with Gasteiger partial charge in [0, 0.05) is 42.4 Å². The Bertz CT molecular complexity index is 1090. The summed E-state index contributed by atoms with van der Waals surface area (Å²) in [5, 5.41) is 12.7. The number of nitrogens with zero attached hydrogens (tertiary/aromatic N) is 4. The van der Waals surface area contributed by atoms with E-state index in [1.807, 2.05) is 30.5 Å². The molecule has 1 spiro atoms. The molecule has 2 aliphatic heterocycles. The normalized spacial score (nSPS) is 20.6. The molecule has 1 N–H and O–H groups in total. The van der Waals surface area contributed by atoms with Crippen molar-refractivity contribution in [1.82, 2.24) is 15.3 Å². The van der Waals surface area contributed by atoms with E-state index in [9.17, 15) is 0 Å². The maximum atomic E-state index is 9.16. The van der Waals surface area contributed by atoms with Crippen LogP contribution in [-0.2, 0) is 0 Å². The number of anilines is 1. The Morgan fingerprint density at radius 1 is 1.03 bits per heavy atom. The van der Waals surface area contributed by atoms with Gasteiger partial charge < -0.3 is 10.2 Å². The van der Waals surface area contributed by atoms with Crippen molar-refractivity contribution in [3.8, 4) is 28.5 Å². The van der Waals surface area contributed by atoms with E-state index in [0.717, 1.165) is 54.5 Å². The number of rotatable bonds is 3. The SMILES string of the molecule is Cc1ccc(-c2cnc(N3CCC4(CCNC4)C3)nc2-c2ccc(C#N)cc2)cc1. The molecule has 1 atom stereocenters. The van der Waals surface area contributed by atoms with Crippen molar-refractivity contribution < 1.29 is 0 Å². The van der Waals surface area contributed by atoms with Gasteiger partial charge in [-0.2, -0.15) is 5.26 Å². The van der Waals surface area contributed by atoms with E-state index in [1.54, 1.807) is 0 Å². The van der Waals surface area contributed by atoms with E-state index in [-0.39, 0.29) is 0 Å². The van der Waals surface area contributed by atoms with Gasteiger partial charge in [0.1, 0.15) is 0 Å². The van der Waals surface area contributed by atoms with Gasteiger partial charge in [-0.1, -0.05) is 42.0 Å². The van der Waals surface area contributed by atoms with Crippen LogP contribution in [0.1, 0.15) is 24.0 Å². The summed E-state index contributed by atoms with van der Waals surface area (Å²) in [7, 11) is 0. The topological polar surface area (TPSA) is 64.8 Å². The molecule has 5 nitrogen and oxygen atoms in total. The second-order valence-electron chi connectivity index (χ2n) is 8.59. The fourth-order valence-electron chi connectivity index (χ4n) is 4.64. The van der Waals surface area contributed by atoms with Gasteiger partial charge in [-0.25, -0.2) is 9.97 Å². The van der Waals surface area contributed by atoms with Crippen LogP contribution in [0.15, 0.2) is 54.7 Å². The van der Waals surface area contributed by atoms with Crippen LogP contribution in [0.2, 0.25) is 0 Å². The quantitative estimate of drug-likeness (QED) is 0.721. The lowest BCUT2D eigenvalue weighted by Crippen LogP contribution is -2.30. The van der Waals surface area contributed by atoms with Crippen LogP contribution in [0.25, 0.3) is 22.4 Å². The fourth-order valence-corrected chi connectivity index (χ4v) is 4.64. The molecule has 5 rings (SSSR count). The molecule has 5 heteroatoms. The summed E-state index contributed by atoms with van der Waals surface area (Å²) in [6, 6.07) is 18.3. The first-order chi connectivity index (χ1) is 14.7. The second kappa shape index (κ2) is 7.55. The van der Waals surface area contributed by atoms with Crippen LogP contribution >= 0.6 is 0 Å². The van der Waals surface area contributed by atoms with Gasteiger partial charge in [0.05, 0.1) is 17.3 Å². The molecule has 0 saturated carbocycles. The smallest absolute Gasteiger partial charge is 0.225 e. The van der Waals surface area contributed by atoms with Crippen molar-refractivity contribution in [2.24, 2.45) is 5.41 Å². The summed E-state index contributed by atoms with van der Waals surface area (Å²) < 4.78 is 0. The minimum atomic E-state index is 0.369. The van der Waals surface area contributed by atoms with E-state index in [0.29, 0.717) is 11.0 Å². The summed E-state index contributed by atoms with van der Waals surface area (Å²) in [5.41, 5.74) is 6.28. The van der Waals surface area contributed by atoms with Gasteiger partial charge in [-0.15, -0.1) is 0 Å². The van der Waals surface area contributed by atoms with E-state index in [2.05, 4.69) is 47.5 Å². The average Bonchev–Trinajstić information content (AvgIpc) is 3.44. The van der Waals surface area contributed by atoms with Gasteiger partial charge >= 0.3 is 0 Å². The Balaban J connectivity index is 1.56. The molecule has 2 saturated heterocycles. The standard InChI is InChI=1S/C25H25N5/c1-18-2-6-20(7-3-18)22-15-28-24(30-13-11-25(17-30)10-12-27-16-25)29-23(22)21-8-4-19(14-26)5-9-21/h2-9,15,27H,10-13,16-17H2,1H3. The van der Waals surface area contributed by atoms with E-state index in [1.165, 1.54) is 18.4 Å². The van der Waals surface area contributed by atoms with Crippen LogP contribution < -0.4 is 10.2 Å². The number of hydrogen-bond acceptors (Lipinski definition) is 5. The van der Waals surface area contributed by atoms with Gasteiger partial charge in [-0.05, 0) is 44.0 Å². The molecular weight excluding hydrogens is 370 g/mol. The third kappa shape index (κ3) is 3.44. The highest BCUT2D eigenvalue weighted by Gasteiger charge is 2.41. The van der Waals surface area contributed by atoms with E-state index >= 15 is 0 Å². The minimum absolute atomic E-state index is 0.369. The third-order valence-corrected chi connectivity index (χ3v) is 6.48. The summed E-state index contributed by atoms with van der Waals surface area (Å²) in [4.78, 5) is 12.2. The number of benzene rings is 2. The number of nitrogens with one attached hydrogen (secondary N) is 1. The second-order valence-corrected chi connectivity index (χ2v) is 8.59. The van der Waals surface area contributed by atoms with Crippen LogP contribution in [0, 0.1) is 23.7 Å². The van der Waals surface area contributed by atoms with Gasteiger partial charge in [-0.3, -0.25) is 0 Å². The lowest BCUT2D eigenvalue weighted by Gasteiger charge is -2.23. The number of aromatic nitrogens is 2. The van der Waals surface area contributed by atoms with Gasteiger partial charge in [0.15, 0.2) is 0 Å². The van der Waals surface area contributed by atoms with Crippen molar-refractivity contribution in [3.63, 3.8) is 0 Å². The monoisotopic (exact) mass is 395 g/mol. The summed E-state index contributed by atoms with van der Waals surface area (Å²) >= 11 is 0. The lowest BCUT2D eigenvalue weighted by atomic mass is 9.87. The molecule has 0 amide bonds.